The highest BCUT2D eigenvalue weighted by Gasteiger charge is 2.19. The smallest absolute Gasteiger partial charge is 0.180 e. The summed E-state index contributed by atoms with van der Waals surface area (Å²) in [6.45, 7) is 5.79. The van der Waals surface area contributed by atoms with Crippen molar-refractivity contribution in [2.24, 2.45) is 4.99 Å². The van der Waals surface area contributed by atoms with Gasteiger partial charge in [0.25, 0.3) is 0 Å². The first-order valence-electron chi connectivity index (χ1n) is 10.6. The fraction of sp³-hybridized carbons (Fsp3) is 0.250. The molecule has 156 valence electrons. The van der Waals surface area contributed by atoms with Crippen molar-refractivity contribution in [3.05, 3.63) is 71.4 Å². The molecule has 3 heterocycles. The third-order valence-electron chi connectivity index (χ3n) is 5.77. The zero-order valence-electron chi connectivity index (χ0n) is 17.8. The number of aromatic amines is 1. The Hall–Kier alpha value is -3.74. The highest BCUT2D eigenvalue weighted by molar-refractivity contribution is 6.04. The van der Waals surface area contributed by atoms with Crippen molar-refractivity contribution in [3.8, 4) is 22.5 Å². The van der Waals surface area contributed by atoms with E-state index in [0.717, 1.165) is 41.8 Å². The maximum absolute atomic E-state index is 4.54. The SMILES string of the molecule is CCCc1cc2c(n1Cc1ccc(-c3ccccc3-c3nnn[nH]3)cc1)NCN=C2C. The molecule has 0 unspecified atom stereocenters. The standard InChI is InChI=1S/C24H25N7/c1-3-6-19-13-22-16(2)25-15-26-24(22)31(19)14-17-9-11-18(12-10-17)20-7-4-5-8-21(20)23-27-29-30-28-23/h4-5,7-13,26H,3,6,14-15H2,1-2H3,(H,27,28,29,30). The van der Waals surface area contributed by atoms with Gasteiger partial charge in [-0.15, -0.1) is 5.10 Å². The minimum absolute atomic E-state index is 0.640. The molecule has 0 fully saturated rings. The second-order valence-corrected chi connectivity index (χ2v) is 7.80. The monoisotopic (exact) mass is 411 g/mol. The summed E-state index contributed by atoms with van der Waals surface area (Å²) < 4.78 is 2.40. The molecule has 2 N–H and O–H groups in total. The van der Waals surface area contributed by atoms with E-state index in [1.165, 1.54) is 22.6 Å². The molecule has 4 aromatic rings. The van der Waals surface area contributed by atoms with Gasteiger partial charge in [0.05, 0.1) is 0 Å². The lowest BCUT2D eigenvalue weighted by Crippen LogP contribution is -2.16. The third kappa shape index (κ3) is 3.63. The highest BCUT2D eigenvalue weighted by Crippen LogP contribution is 2.31. The number of aromatic nitrogens is 5. The van der Waals surface area contributed by atoms with Gasteiger partial charge < -0.3 is 9.88 Å². The number of aryl methyl sites for hydroxylation is 1. The number of anilines is 1. The van der Waals surface area contributed by atoms with Gasteiger partial charge in [0.2, 0.25) is 0 Å². The van der Waals surface area contributed by atoms with Crippen molar-refractivity contribution < 1.29 is 0 Å². The third-order valence-corrected chi connectivity index (χ3v) is 5.77. The molecule has 0 radical (unpaired) electrons. The minimum Gasteiger partial charge on any atom is -0.352 e. The predicted molar refractivity (Wildman–Crippen MR) is 123 cm³/mol. The van der Waals surface area contributed by atoms with Gasteiger partial charge in [0.15, 0.2) is 5.82 Å². The van der Waals surface area contributed by atoms with Gasteiger partial charge in [-0.05, 0) is 46.5 Å². The van der Waals surface area contributed by atoms with Gasteiger partial charge in [-0.3, -0.25) is 4.99 Å². The van der Waals surface area contributed by atoms with Gasteiger partial charge in [0.1, 0.15) is 12.5 Å². The topological polar surface area (TPSA) is 83.8 Å². The molecule has 0 saturated carbocycles. The van der Waals surface area contributed by atoms with Crippen LogP contribution in [0, 0.1) is 0 Å². The summed E-state index contributed by atoms with van der Waals surface area (Å²) in [6.07, 6.45) is 2.17. The fourth-order valence-electron chi connectivity index (χ4n) is 4.22. The molecule has 0 bridgehead atoms. The molecule has 0 atom stereocenters. The zero-order valence-corrected chi connectivity index (χ0v) is 17.8. The van der Waals surface area contributed by atoms with Crippen LogP contribution in [0.2, 0.25) is 0 Å². The van der Waals surface area contributed by atoms with Crippen molar-refractivity contribution in [2.75, 3.05) is 12.0 Å². The molecule has 7 heteroatoms. The minimum atomic E-state index is 0.640. The molecule has 1 aliphatic rings. The van der Waals surface area contributed by atoms with Gasteiger partial charge >= 0.3 is 0 Å². The van der Waals surface area contributed by atoms with Crippen LogP contribution >= 0.6 is 0 Å². The summed E-state index contributed by atoms with van der Waals surface area (Å²) in [5.41, 5.74) is 8.18. The molecule has 0 spiro atoms. The summed E-state index contributed by atoms with van der Waals surface area (Å²) in [6, 6.07) is 19.2. The Labute approximate surface area is 181 Å². The number of nitrogens with one attached hydrogen (secondary N) is 2. The summed E-state index contributed by atoms with van der Waals surface area (Å²) in [7, 11) is 0. The Morgan fingerprint density at radius 2 is 1.81 bits per heavy atom. The van der Waals surface area contributed by atoms with E-state index in [0.29, 0.717) is 12.5 Å². The van der Waals surface area contributed by atoms with Crippen LogP contribution in [0.25, 0.3) is 22.5 Å². The van der Waals surface area contributed by atoms with Gasteiger partial charge in [-0.2, -0.15) is 0 Å². The van der Waals surface area contributed by atoms with E-state index in [-0.39, 0.29) is 0 Å². The molecular formula is C24H25N7. The second kappa shape index (κ2) is 8.18. The molecule has 31 heavy (non-hydrogen) atoms. The average molecular weight is 412 g/mol. The number of H-pyrrole nitrogens is 1. The van der Waals surface area contributed by atoms with Crippen LogP contribution in [0.4, 0.5) is 5.82 Å². The molecule has 0 amide bonds. The van der Waals surface area contributed by atoms with E-state index in [1.807, 2.05) is 18.2 Å². The fourth-order valence-corrected chi connectivity index (χ4v) is 4.22. The zero-order chi connectivity index (χ0) is 21.2. The first kappa shape index (κ1) is 19.2. The highest BCUT2D eigenvalue weighted by atomic mass is 15.5. The predicted octanol–water partition coefficient (Wildman–Crippen LogP) is 4.53. The maximum atomic E-state index is 4.54. The summed E-state index contributed by atoms with van der Waals surface area (Å²) in [4.78, 5) is 4.54. The van der Waals surface area contributed by atoms with Crippen LogP contribution in [-0.4, -0.2) is 37.6 Å². The van der Waals surface area contributed by atoms with Crippen LogP contribution in [0.15, 0.2) is 59.6 Å². The molecule has 7 nitrogen and oxygen atoms in total. The number of hydrogen-bond acceptors (Lipinski definition) is 5. The molecule has 0 aliphatic carbocycles. The van der Waals surface area contributed by atoms with Crippen molar-refractivity contribution >= 4 is 11.5 Å². The van der Waals surface area contributed by atoms with Crippen molar-refractivity contribution in [2.45, 2.75) is 33.2 Å². The number of tetrazole rings is 1. The number of aliphatic imine (C=N–C) groups is 1. The Morgan fingerprint density at radius 3 is 2.55 bits per heavy atom. The van der Waals surface area contributed by atoms with Crippen LogP contribution < -0.4 is 5.32 Å². The molecule has 2 aromatic heterocycles. The number of hydrogen-bond donors (Lipinski definition) is 2. The first-order valence-corrected chi connectivity index (χ1v) is 10.6. The van der Waals surface area contributed by atoms with Crippen molar-refractivity contribution in [1.82, 2.24) is 25.2 Å². The van der Waals surface area contributed by atoms with Crippen molar-refractivity contribution in [3.63, 3.8) is 0 Å². The van der Waals surface area contributed by atoms with E-state index < -0.39 is 0 Å². The van der Waals surface area contributed by atoms with Crippen LogP contribution in [0.5, 0.6) is 0 Å². The molecule has 1 aliphatic heterocycles. The first-order chi connectivity index (χ1) is 15.2. The van der Waals surface area contributed by atoms with E-state index in [9.17, 15) is 0 Å². The van der Waals surface area contributed by atoms with Crippen LogP contribution in [0.1, 0.15) is 37.1 Å². The van der Waals surface area contributed by atoms with E-state index in [4.69, 9.17) is 0 Å². The molecule has 5 rings (SSSR count). The van der Waals surface area contributed by atoms with E-state index >= 15 is 0 Å². The molecule has 2 aromatic carbocycles. The lowest BCUT2D eigenvalue weighted by molar-refractivity contribution is 0.728. The van der Waals surface area contributed by atoms with Crippen LogP contribution in [0.3, 0.4) is 0 Å². The lowest BCUT2D eigenvalue weighted by atomic mass is 9.98. The molecular weight excluding hydrogens is 386 g/mol. The quantitative estimate of drug-likeness (QED) is 0.488. The summed E-state index contributed by atoms with van der Waals surface area (Å²) >= 11 is 0. The summed E-state index contributed by atoms with van der Waals surface area (Å²) in [5, 5.41) is 17.8. The van der Waals surface area contributed by atoms with Crippen LogP contribution in [-0.2, 0) is 13.0 Å². The van der Waals surface area contributed by atoms with Gasteiger partial charge in [-0.25, -0.2) is 5.10 Å². The Bertz CT molecular complexity index is 1220. The average Bonchev–Trinajstić information content (AvgIpc) is 3.45. The Morgan fingerprint density at radius 1 is 1.00 bits per heavy atom. The maximum Gasteiger partial charge on any atom is 0.180 e. The van der Waals surface area contributed by atoms with Gasteiger partial charge in [-0.1, -0.05) is 61.9 Å². The Balaban J connectivity index is 1.46. The summed E-state index contributed by atoms with van der Waals surface area (Å²) in [5.74, 6) is 1.86. The second-order valence-electron chi connectivity index (χ2n) is 7.80. The number of fused-ring (bicyclic) bond motifs is 1. The normalized spacial score (nSPS) is 12.9. The Kier molecular flexibility index (Phi) is 5.08. The van der Waals surface area contributed by atoms with Crippen molar-refractivity contribution in [1.29, 1.82) is 0 Å². The number of nitrogens with zero attached hydrogens (tertiary/aromatic N) is 5. The number of rotatable bonds is 6. The lowest BCUT2D eigenvalue weighted by Gasteiger charge is -2.18. The number of benzene rings is 2. The van der Waals surface area contributed by atoms with E-state index in [1.54, 1.807) is 0 Å². The van der Waals surface area contributed by atoms with Gasteiger partial charge in [0, 0.05) is 29.1 Å². The van der Waals surface area contributed by atoms with E-state index in [2.05, 4.69) is 85.7 Å². The molecule has 0 saturated heterocycles. The largest absolute Gasteiger partial charge is 0.352 e.